The zero-order valence-electron chi connectivity index (χ0n) is 10.9. The van der Waals surface area contributed by atoms with E-state index < -0.39 is 0 Å². The Labute approximate surface area is 111 Å². The summed E-state index contributed by atoms with van der Waals surface area (Å²) in [5.41, 5.74) is 8.95. The van der Waals surface area contributed by atoms with Gasteiger partial charge in [-0.25, -0.2) is 9.97 Å². The maximum Gasteiger partial charge on any atom is 0.141 e. The van der Waals surface area contributed by atoms with Crippen LogP contribution in [-0.4, -0.2) is 14.5 Å². The first-order valence-electron chi connectivity index (χ1n) is 6.46. The van der Waals surface area contributed by atoms with Crippen molar-refractivity contribution >= 4 is 16.9 Å². The van der Waals surface area contributed by atoms with Gasteiger partial charge in [0.05, 0.1) is 11.0 Å². The van der Waals surface area contributed by atoms with Crippen LogP contribution in [0.5, 0.6) is 0 Å². The van der Waals surface area contributed by atoms with Gasteiger partial charge >= 0.3 is 0 Å². The molecule has 0 spiro atoms. The van der Waals surface area contributed by atoms with Gasteiger partial charge in [0.15, 0.2) is 0 Å². The number of nitrogen functional groups attached to an aromatic ring is 1. The highest BCUT2D eigenvalue weighted by Gasteiger charge is 2.11. The Morgan fingerprint density at radius 1 is 1.21 bits per heavy atom. The highest BCUT2D eigenvalue weighted by Crippen LogP contribution is 2.25. The summed E-state index contributed by atoms with van der Waals surface area (Å²) in [5.74, 6) is 1.48. The van der Waals surface area contributed by atoms with Crippen LogP contribution in [0.4, 0.5) is 5.82 Å². The minimum Gasteiger partial charge on any atom is -0.384 e. The molecule has 3 rings (SSSR count). The number of hydrogen-bond donors (Lipinski definition) is 1. The topological polar surface area (TPSA) is 56.7 Å². The van der Waals surface area contributed by atoms with Crippen LogP contribution in [0, 0.1) is 0 Å². The molecule has 0 unspecified atom stereocenters. The molecule has 0 radical (unpaired) electrons. The van der Waals surface area contributed by atoms with Gasteiger partial charge in [0.25, 0.3) is 0 Å². The van der Waals surface area contributed by atoms with Crippen LogP contribution in [0.2, 0.25) is 0 Å². The predicted octanol–water partition coefficient (Wildman–Crippen LogP) is 3.09. The minimum absolute atomic E-state index is 0.521. The molecule has 0 atom stereocenters. The van der Waals surface area contributed by atoms with Crippen molar-refractivity contribution in [1.29, 1.82) is 0 Å². The Balaban J connectivity index is 2.25. The van der Waals surface area contributed by atoms with Crippen molar-refractivity contribution in [3.8, 4) is 11.4 Å². The predicted molar refractivity (Wildman–Crippen MR) is 77.7 cm³/mol. The summed E-state index contributed by atoms with van der Waals surface area (Å²) in [4.78, 5) is 8.76. The molecule has 0 bridgehead atoms. The van der Waals surface area contributed by atoms with Crippen molar-refractivity contribution in [1.82, 2.24) is 14.5 Å². The smallest absolute Gasteiger partial charge is 0.141 e. The number of anilines is 1. The number of nitrogens with two attached hydrogens (primary N) is 1. The van der Waals surface area contributed by atoms with Crippen LogP contribution in [-0.2, 0) is 6.54 Å². The summed E-state index contributed by atoms with van der Waals surface area (Å²) in [6.45, 7) is 3.11. The first kappa shape index (κ1) is 11.7. The monoisotopic (exact) mass is 252 g/mol. The molecule has 1 aromatic carbocycles. The van der Waals surface area contributed by atoms with Crippen molar-refractivity contribution in [3.63, 3.8) is 0 Å². The van der Waals surface area contributed by atoms with Crippen molar-refractivity contribution < 1.29 is 0 Å². The molecular weight excluding hydrogens is 236 g/mol. The molecule has 0 fully saturated rings. The summed E-state index contributed by atoms with van der Waals surface area (Å²) in [6.07, 6.45) is 2.79. The fourth-order valence-corrected chi connectivity index (χ4v) is 2.33. The number of imidazole rings is 1. The second-order valence-electron chi connectivity index (χ2n) is 4.55. The normalized spacial score (nSPS) is 11.0. The zero-order valence-corrected chi connectivity index (χ0v) is 10.9. The number of aromatic nitrogens is 3. The Morgan fingerprint density at radius 3 is 2.84 bits per heavy atom. The van der Waals surface area contributed by atoms with Crippen LogP contribution in [0.15, 0.2) is 42.6 Å². The molecule has 96 valence electrons. The molecule has 0 aliphatic rings. The van der Waals surface area contributed by atoms with Gasteiger partial charge in [0.1, 0.15) is 11.6 Å². The summed E-state index contributed by atoms with van der Waals surface area (Å²) in [7, 11) is 0. The van der Waals surface area contributed by atoms with Gasteiger partial charge in [-0.3, -0.25) is 0 Å². The van der Waals surface area contributed by atoms with E-state index in [0.717, 1.165) is 35.4 Å². The number of para-hydroxylation sites is 2. The number of nitrogens with zero attached hydrogens (tertiary/aromatic N) is 3. The van der Waals surface area contributed by atoms with Crippen molar-refractivity contribution in [2.45, 2.75) is 19.9 Å². The summed E-state index contributed by atoms with van der Waals surface area (Å²) in [6, 6.07) is 12.0. The number of benzene rings is 1. The molecule has 2 N–H and O–H groups in total. The van der Waals surface area contributed by atoms with Gasteiger partial charge in [0, 0.05) is 18.3 Å². The molecule has 0 amide bonds. The molecule has 4 heteroatoms. The third-order valence-electron chi connectivity index (χ3n) is 3.14. The Kier molecular flexibility index (Phi) is 2.91. The Hall–Kier alpha value is -2.36. The number of pyridine rings is 1. The molecule has 0 saturated heterocycles. The highest BCUT2D eigenvalue weighted by atomic mass is 15.1. The SMILES string of the molecule is CCCn1c(-c2ccnc(N)c2)nc2ccccc21. The van der Waals surface area contributed by atoms with E-state index in [1.807, 2.05) is 30.3 Å². The van der Waals surface area contributed by atoms with E-state index in [2.05, 4.69) is 22.5 Å². The van der Waals surface area contributed by atoms with Crippen LogP contribution >= 0.6 is 0 Å². The summed E-state index contributed by atoms with van der Waals surface area (Å²) < 4.78 is 2.24. The van der Waals surface area contributed by atoms with Gasteiger partial charge in [-0.1, -0.05) is 19.1 Å². The van der Waals surface area contributed by atoms with E-state index in [0.29, 0.717) is 5.82 Å². The van der Waals surface area contributed by atoms with Crippen LogP contribution < -0.4 is 5.73 Å². The van der Waals surface area contributed by atoms with Gasteiger partial charge in [-0.2, -0.15) is 0 Å². The van der Waals surface area contributed by atoms with Gasteiger partial charge < -0.3 is 10.3 Å². The van der Waals surface area contributed by atoms with Gasteiger partial charge in [-0.05, 0) is 30.7 Å². The maximum atomic E-state index is 5.77. The van der Waals surface area contributed by atoms with Crippen LogP contribution in [0.25, 0.3) is 22.4 Å². The largest absolute Gasteiger partial charge is 0.384 e. The van der Waals surface area contributed by atoms with E-state index >= 15 is 0 Å². The standard InChI is InChI=1S/C15H16N4/c1-2-9-19-13-6-4-3-5-12(13)18-15(19)11-7-8-17-14(16)10-11/h3-8,10H,2,9H2,1H3,(H2,16,17). The number of rotatable bonds is 3. The molecule has 0 saturated carbocycles. The zero-order chi connectivity index (χ0) is 13.2. The first-order chi connectivity index (χ1) is 9.29. The van der Waals surface area contributed by atoms with Crippen LogP contribution in [0.3, 0.4) is 0 Å². The molecule has 0 aliphatic carbocycles. The molecular formula is C15H16N4. The highest BCUT2D eigenvalue weighted by molar-refractivity contribution is 5.80. The number of hydrogen-bond acceptors (Lipinski definition) is 3. The lowest BCUT2D eigenvalue weighted by molar-refractivity contribution is 0.704. The van der Waals surface area contributed by atoms with Gasteiger partial charge in [-0.15, -0.1) is 0 Å². The summed E-state index contributed by atoms with van der Waals surface area (Å²) in [5, 5.41) is 0. The average Bonchev–Trinajstić information content (AvgIpc) is 2.79. The number of aryl methyl sites for hydroxylation is 1. The van der Waals surface area contributed by atoms with Crippen molar-refractivity contribution in [2.24, 2.45) is 0 Å². The van der Waals surface area contributed by atoms with Crippen molar-refractivity contribution in [3.05, 3.63) is 42.6 Å². The molecule has 0 aliphatic heterocycles. The van der Waals surface area contributed by atoms with Crippen LogP contribution in [0.1, 0.15) is 13.3 Å². The third kappa shape index (κ3) is 2.05. The van der Waals surface area contributed by atoms with E-state index in [4.69, 9.17) is 10.7 Å². The lowest BCUT2D eigenvalue weighted by atomic mass is 10.2. The molecule has 2 heterocycles. The van der Waals surface area contributed by atoms with E-state index in [1.54, 1.807) is 6.20 Å². The third-order valence-corrected chi connectivity index (χ3v) is 3.14. The lowest BCUT2D eigenvalue weighted by Gasteiger charge is -2.07. The molecule has 3 aromatic rings. The lowest BCUT2D eigenvalue weighted by Crippen LogP contribution is -2.00. The second-order valence-corrected chi connectivity index (χ2v) is 4.55. The average molecular weight is 252 g/mol. The van der Waals surface area contributed by atoms with Gasteiger partial charge in [0.2, 0.25) is 0 Å². The number of fused-ring (bicyclic) bond motifs is 1. The van der Waals surface area contributed by atoms with Crippen molar-refractivity contribution in [2.75, 3.05) is 5.73 Å². The van der Waals surface area contributed by atoms with E-state index in [1.165, 1.54) is 0 Å². The quantitative estimate of drug-likeness (QED) is 0.779. The summed E-state index contributed by atoms with van der Waals surface area (Å²) >= 11 is 0. The van der Waals surface area contributed by atoms with E-state index in [9.17, 15) is 0 Å². The maximum absolute atomic E-state index is 5.77. The first-order valence-corrected chi connectivity index (χ1v) is 6.46. The molecule has 2 aromatic heterocycles. The Bertz CT molecular complexity index is 715. The fraction of sp³-hybridized carbons (Fsp3) is 0.200. The van der Waals surface area contributed by atoms with E-state index in [-0.39, 0.29) is 0 Å². The molecule has 4 nitrogen and oxygen atoms in total. The fourth-order valence-electron chi connectivity index (χ4n) is 2.33. The molecule has 19 heavy (non-hydrogen) atoms. The Morgan fingerprint density at radius 2 is 2.05 bits per heavy atom. The second kappa shape index (κ2) is 4.72. The minimum atomic E-state index is 0.521.